The highest BCUT2D eigenvalue weighted by atomic mass is 16.7. The highest BCUT2D eigenvalue weighted by molar-refractivity contribution is 5.96. The topological polar surface area (TPSA) is 78.7 Å². The molecule has 6 heteroatoms. The van der Waals surface area contributed by atoms with E-state index >= 15 is 0 Å². The summed E-state index contributed by atoms with van der Waals surface area (Å²) in [4.78, 5) is 22.5. The first-order valence-electron chi connectivity index (χ1n) is 6.79. The molecular formula is C16H13NO5. The van der Waals surface area contributed by atoms with Gasteiger partial charge >= 0.3 is 0 Å². The van der Waals surface area contributed by atoms with Crippen molar-refractivity contribution in [2.45, 2.75) is 12.8 Å². The van der Waals surface area contributed by atoms with E-state index in [1.54, 1.807) is 30.3 Å². The van der Waals surface area contributed by atoms with Gasteiger partial charge in [0.2, 0.25) is 6.79 Å². The third-order valence-electron chi connectivity index (χ3n) is 3.46. The number of ether oxygens (including phenoxy) is 2. The smallest absolute Gasteiger partial charge is 0.269 e. The van der Waals surface area contributed by atoms with Crippen LogP contribution in [-0.4, -0.2) is 17.5 Å². The number of Topliss-reactive ketones (excluding diaryl/α,β-unsaturated/α-hetero) is 1. The van der Waals surface area contributed by atoms with Crippen molar-refractivity contribution in [3.63, 3.8) is 0 Å². The van der Waals surface area contributed by atoms with E-state index in [1.165, 1.54) is 12.1 Å². The molecule has 0 unspecified atom stereocenters. The van der Waals surface area contributed by atoms with Crippen LogP contribution in [0, 0.1) is 10.1 Å². The largest absolute Gasteiger partial charge is 0.454 e. The second-order valence-electron chi connectivity index (χ2n) is 4.92. The number of ketones is 1. The molecule has 112 valence electrons. The molecular weight excluding hydrogens is 286 g/mol. The standard InChI is InChI=1S/C16H13NO5/c18-14(12-5-7-15-16(9-12)22-10-21-15)6-4-11-2-1-3-13(8-11)17(19)20/h1-3,5,7-9H,4,6,10H2. The van der Waals surface area contributed by atoms with Gasteiger partial charge in [-0.25, -0.2) is 0 Å². The lowest BCUT2D eigenvalue weighted by Crippen LogP contribution is -2.01. The van der Waals surface area contributed by atoms with Crippen molar-refractivity contribution in [1.29, 1.82) is 0 Å². The van der Waals surface area contributed by atoms with Crippen molar-refractivity contribution in [3.05, 3.63) is 63.7 Å². The Balaban J connectivity index is 1.67. The van der Waals surface area contributed by atoms with Crippen LogP contribution in [0.5, 0.6) is 11.5 Å². The van der Waals surface area contributed by atoms with Crippen LogP contribution in [0.1, 0.15) is 22.3 Å². The highest BCUT2D eigenvalue weighted by Gasteiger charge is 2.16. The zero-order chi connectivity index (χ0) is 15.5. The number of nitrogens with zero attached hydrogens (tertiary/aromatic N) is 1. The van der Waals surface area contributed by atoms with Crippen molar-refractivity contribution in [1.82, 2.24) is 0 Å². The summed E-state index contributed by atoms with van der Waals surface area (Å²) in [6, 6.07) is 11.4. The van der Waals surface area contributed by atoms with Gasteiger partial charge in [-0.05, 0) is 30.2 Å². The van der Waals surface area contributed by atoms with Crippen LogP contribution in [-0.2, 0) is 6.42 Å². The van der Waals surface area contributed by atoms with Crippen LogP contribution in [0.15, 0.2) is 42.5 Å². The van der Waals surface area contributed by atoms with Gasteiger partial charge in [-0.2, -0.15) is 0 Å². The Labute approximate surface area is 126 Å². The lowest BCUT2D eigenvalue weighted by atomic mass is 10.0. The maximum Gasteiger partial charge on any atom is 0.269 e. The van der Waals surface area contributed by atoms with E-state index in [-0.39, 0.29) is 24.7 Å². The van der Waals surface area contributed by atoms with Crippen LogP contribution >= 0.6 is 0 Å². The Morgan fingerprint density at radius 3 is 2.77 bits per heavy atom. The van der Waals surface area contributed by atoms with E-state index in [9.17, 15) is 14.9 Å². The maximum atomic E-state index is 12.2. The molecule has 0 spiro atoms. The van der Waals surface area contributed by atoms with Gasteiger partial charge in [-0.15, -0.1) is 0 Å². The lowest BCUT2D eigenvalue weighted by Gasteiger charge is -2.03. The molecule has 0 radical (unpaired) electrons. The number of nitro benzene ring substituents is 1. The average molecular weight is 299 g/mol. The summed E-state index contributed by atoms with van der Waals surface area (Å²) in [5.41, 5.74) is 1.35. The second-order valence-corrected chi connectivity index (χ2v) is 4.92. The van der Waals surface area contributed by atoms with Crippen molar-refractivity contribution in [3.8, 4) is 11.5 Å². The number of hydrogen-bond acceptors (Lipinski definition) is 5. The number of aryl methyl sites for hydroxylation is 1. The molecule has 0 bridgehead atoms. The summed E-state index contributed by atoms with van der Waals surface area (Å²) in [6.45, 7) is 0.167. The Kier molecular flexibility index (Phi) is 3.74. The maximum absolute atomic E-state index is 12.2. The fraction of sp³-hybridized carbons (Fsp3) is 0.188. The van der Waals surface area contributed by atoms with Crippen LogP contribution < -0.4 is 9.47 Å². The predicted molar refractivity (Wildman–Crippen MR) is 78.3 cm³/mol. The lowest BCUT2D eigenvalue weighted by molar-refractivity contribution is -0.384. The number of fused-ring (bicyclic) bond motifs is 1. The molecule has 0 saturated carbocycles. The van der Waals surface area contributed by atoms with Gasteiger partial charge in [0.25, 0.3) is 5.69 Å². The van der Waals surface area contributed by atoms with Crippen molar-refractivity contribution < 1.29 is 19.2 Å². The van der Waals surface area contributed by atoms with Gasteiger partial charge in [-0.3, -0.25) is 14.9 Å². The summed E-state index contributed by atoms with van der Waals surface area (Å²) in [7, 11) is 0. The summed E-state index contributed by atoms with van der Waals surface area (Å²) >= 11 is 0. The molecule has 3 rings (SSSR count). The van der Waals surface area contributed by atoms with Crippen LogP contribution in [0.3, 0.4) is 0 Å². The molecule has 0 aliphatic carbocycles. The third kappa shape index (κ3) is 2.90. The van der Waals surface area contributed by atoms with Crippen molar-refractivity contribution in [2.75, 3.05) is 6.79 Å². The van der Waals surface area contributed by atoms with Gasteiger partial charge in [0.1, 0.15) is 0 Å². The Morgan fingerprint density at radius 2 is 1.95 bits per heavy atom. The SMILES string of the molecule is O=C(CCc1cccc([N+](=O)[O-])c1)c1ccc2c(c1)OCO2. The molecule has 0 amide bonds. The zero-order valence-electron chi connectivity index (χ0n) is 11.7. The van der Waals surface area contributed by atoms with Gasteiger partial charge in [0.05, 0.1) is 4.92 Å². The molecule has 2 aromatic rings. The first kappa shape index (κ1) is 14.1. The van der Waals surface area contributed by atoms with Gasteiger partial charge in [0, 0.05) is 24.1 Å². The van der Waals surface area contributed by atoms with E-state index in [0.717, 1.165) is 5.56 Å². The molecule has 0 saturated heterocycles. The first-order chi connectivity index (χ1) is 10.6. The van der Waals surface area contributed by atoms with Crippen molar-refractivity contribution >= 4 is 11.5 Å². The minimum Gasteiger partial charge on any atom is -0.454 e. The molecule has 0 fully saturated rings. The van der Waals surface area contributed by atoms with E-state index < -0.39 is 4.92 Å². The predicted octanol–water partition coefficient (Wildman–Crippen LogP) is 3.14. The average Bonchev–Trinajstić information content (AvgIpc) is 3.00. The molecule has 0 N–H and O–H groups in total. The fourth-order valence-electron chi connectivity index (χ4n) is 2.30. The minimum absolute atomic E-state index is 0.0352. The monoisotopic (exact) mass is 299 g/mol. The molecule has 2 aromatic carbocycles. The number of hydrogen-bond donors (Lipinski definition) is 0. The Morgan fingerprint density at radius 1 is 1.14 bits per heavy atom. The van der Waals surface area contributed by atoms with Crippen LogP contribution in [0.4, 0.5) is 5.69 Å². The quantitative estimate of drug-likeness (QED) is 0.481. The summed E-state index contributed by atoms with van der Waals surface area (Å²) in [6.07, 6.45) is 0.732. The van der Waals surface area contributed by atoms with Crippen molar-refractivity contribution in [2.24, 2.45) is 0 Å². The number of non-ortho nitro benzene ring substituents is 1. The van der Waals surface area contributed by atoms with Crippen LogP contribution in [0.2, 0.25) is 0 Å². The molecule has 0 aromatic heterocycles. The number of benzene rings is 2. The fourth-order valence-corrected chi connectivity index (χ4v) is 2.30. The highest BCUT2D eigenvalue weighted by Crippen LogP contribution is 2.32. The summed E-state index contributed by atoms with van der Waals surface area (Å²) in [5, 5.41) is 10.7. The molecule has 1 aliphatic rings. The molecule has 1 aliphatic heterocycles. The number of rotatable bonds is 5. The van der Waals surface area contributed by atoms with Crippen LogP contribution in [0.25, 0.3) is 0 Å². The van der Waals surface area contributed by atoms with E-state index in [0.29, 0.717) is 23.5 Å². The minimum atomic E-state index is -0.441. The molecule has 22 heavy (non-hydrogen) atoms. The molecule has 1 heterocycles. The molecule has 6 nitrogen and oxygen atoms in total. The third-order valence-corrected chi connectivity index (χ3v) is 3.46. The number of carbonyl (C=O) groups excluding carboxylic acids is 1. The van der Waals surface area contributed by atoms with E-state index in [2.05, 4.69) is 0 Å². The Bertz CT molecular complexity index is 741. The van der Waals surface area contributed by atoms with E-state index in [1.807, 2.05) is 0 Å². The normalized spacial score (nSPS) is 12.2. The first-order valence-corrected chi connectivity index (χ1v) is 6.79. The second kappa shape index (κ2) is 5.85. The summed E-state index contributed by atoms with van der Waals surface area (Å²) in [5.74, 6) is 1.17. The van der Waals surface area contributed by atoms with Gasteiger partial charge in [0.15, 0.2) is 17.3 Å². The number of carbonyl (C=O) groups is 1. The Hall–Kier alpha value is -2.89. The molecule has 0 atom stereocenters. The van der Waals surface area contributed by atoms with E-state index in [4.69, 9.17) is 9.47 Å². The van der Waals surface area contributed by atoms with Gasteiger partial charge < -0.3 is 9.47 Å². The van der Waals surface area contributed by atoms with Gasteiger partial charge in [-0.1, -0.05) is 12.1 Å². The summed E-state index contributed by atoms with van der Waals surface area (Å²) < 4.78 is 10.4. The number of nitro groups is 1. The zero-order valence-corrected chi connectivity index (χ0v) is 11.7.